The van der Waals surface area contributed by atoms with Gasteiger partial charge >= 0.3 is 0 Å². The van der Waals surface area contributed by atoms with Crippen molar-refractivity contribution in [2.75, 3.05) is 6.61 Å². The second-order valence-corrected chi connectivity index (χ2v) is 13.4. The van der Waals surface area contributed by atoms with Gasteiger partial charge in [0.15, 0.2) is 0 Å². The molecule has 1 saturated heterocycles. The average Bonchev–Trinajstić information content (AvgIpc) is 3.66. The first-order chi connectivity index (χ1) is 26.4. The van der Waals surface area contributed by atoms with Crippen LogP contribution < -0.4 is 19.5 Å². The molecule has 2 aromatic carbocycles. The Morgan fingerprint density at radius 3 is 2.44 bits per heavy atom. The largest absolute Gasteiger partial charge is 0.489 e. The minimum atomic E-state index is -0.868. The SMILES string of the molecule is C=C1CCC(N2C(=O)c3ccc(OCC#Cc4ccc(OC5CC(Oc6ccc(-c7ccc8c(c7)[nH]c7ccncc78)cn6)C5)cn4)cc3C2=O)C(=O)N1. The van der Waals surface area contributed by atoms with Crippen LogP contribution in [0.3, 0.4) is 0 Å². The summed E-state index contributed by atoms with van der Waals surface area (Å²) in [5.74, 6) is 6.07. The Morgan fingerprint density at radius 2 is 1.63 bits per heavy atom. The van der Waals surface area contributed by atoms with Gasteiger partial charge in [-0.3, -0.25) is 24.3 Å². The summed E-state index contributed by atoms with van der Waals surface area (Å²) in [6.07, 6.45) is 9.48. The zero-order valence-electron chi connectivity index (χ0n) is 28.9. The number of nitrogens with zero attached hydrogens (tertiary/aromatic N) is 4. The third-order valence-electron chi connectivity index (χ3n) is 9.90. The molecule has 2 aliphatic heterocycles. The number of allylic oxidation sites excluding steroid dienone is 1. The molecule has 6 heterocycles. The molecule has 1 aliphatic carbocycles. The number of nitrogens with one attached hydrogen (secondary N) is 2. The summed E-state index contributed by atoms with van der Waals surface area (Å²) >= 11 is 0. The van der Waals surface area contributed by atoms with E-state index >= 15 is 0 Å². The van der Waals surface area contributed by atoms with Crippen molar-refractivity contribution in [3.05, 3.63) is 121 Å². The number of aromatic nitrogens is 4. The minimum Gasteiger partial charge on any atom is -0.489 e. The predicted octanol–water partition coefficient (Wildman–Crippen LogP) is 5.98. The van der Waals surface area contributed by atoms with Crippen molar-refractivity contribution in [1.82, 2.24) is 30.2 Å². The van der Waals surface area contributed by atoms with Crippen molar-refractivity contribution in [2.45, 2.75) is 43.9 Å². The van der Waals surface area contributed by atoms with E-state index in [9.17, 15) is 14.4 Å². The summed E-state index contributed by atoms with van der Waals surface area (Å²) < 4.78 is 17.9. The van der Waals surface area contributed by atoms with Crippen LogP contribution in [0.25, 0.3) is 32.9 Å². The molecule has 2 fully saturated rings. The Labute approximate surface area is 309 Å². The van der Waals surface area contributed by atoms with Crippen molar-refractivity contribution in [3.63, 3.8) is 0 Å². The zero-order chi connectivity index (χ0) is 36.8. The summed E-state index contributed by atoms with van der Waals surface area (Å²) in [5.41, 5.74) is 5.76. The lowest BCUT2D eigenvalue weighted by Crippen LogP contribution is -2.51. The molecular weight excluding hydrogens is 684 g/mol. The topological polar surface area (TPSA) is 149 Å². The van der Waals surface area contributed by atoms with E-state index in [0.29, 0.717) is 41.6 Å². The maximum atomic E-state index is 13.1. The van der Waals surface area contributed by atoms with Crippen LogP contribution in [0.2, 0.25) is 0 Å². The Kier molecular flexibility index (Phi) is 8.23. The molecule has 9 rings (SSSR count). The number of fused-ring (bicyclic) bond motifs is 4. The number of ether oxygens (including phenoxy) is 3. The van der Waals surface area contributed by atoms with E-state index < -0.39 is 23.8 Å². The van der Waals surface area contributed by atoms with E-state index in [1.807, 2.05) is 36.7 Å². The van der Waals surface area contributed by atoms with Crippen LogP contribution >= 0.6 is 0 Å². The highest BCUT2D eigenvalue weighted by atomic mass is 16.5. The van der Waals surface area contributed by atoms with Gasteiger partial charge in [-0.2, -0.15) is 0 Å². The molecule has 3 amide bonds. The van der Waals surface area contributed by atoms with E-state index in [-0.39, 0.29) is 29.9 Å². The second kappa shape index (κ2) is 13.5. The molecule has 1 saturated carbocycles. The number of benzene rings is 2. The molecule has 3 aliphatic rings. The number of piperidine rings is 1. The molecule has 6 aromatic rings. The maximum Gasteiger partial charge on any atom is 0.262 e. The minimum absolute atomic E-state index is 0.0149. The van der Waals surface area contributed by atoms with Crippen LogP contribution in [0, 0.1) is 11.8 Å². The molecular formula is C42H32N6O6. The molecule has 1 unspecified atom stereocenters. The number of H-pyrrole nitrogens is 1. The van der Waals surface area contributed by atoms with Gasteiger partial charge in [0.1, 0.15) is 42.0 Å². The number of hydrogen-bond donors (Lipinski definition) is 2. The molecule has 2 N–H and O–H groups in total. The second-order valence-electron chi connectivity index (χ2n) is 13.4. The highest BCUT2D eigenvalue weighted by molar-refractivity contribution is 6.23. The first kappa shape index (κ1) is 32.9. The third-order valence-corrected chi connectivity index (χ3v) is 9.90. The van der Waals surface area contributed by atoms with E-state index in [2.05, 4.69) is 61.9 Å². The van der Waals surface area contributed by atoms with Gasteiger partial charge in [0.05, 0.1) is 17.3 Å². The van der Waals surface area contributed by atoms with Gasteiger partial charge in [-0.1, -0.05) is 24.6 Å². The number of imide groups is 1. The molecule has 4 aromatic heterocycles. The number of carbonyl (C=O) groups is 3. The van der Waals surface area contributed by atoms with Crippen LogP contribution in [-0.2, 0) is 4.79 Å². The lowest BCUT2D eigenvalue weighted by molar-refractivity contribution is -0.125. The number of pyridine rings is 3. The van der Waals surface area contributed by atoms with Crippen LogP contribution in [0.5, 0.6) is 17.4 Å². The summed E-state index contributed by atoms with van der Waals surface area (Å²) in [5, 5.41) is 4.88. The fourth-order valence-corrected chi connectivity index (χ4v) is 7.01. The van der Waals surface area contributed by atoms with Crippen LogP contribution in [0.4, 0.5) is 0 Å². The molecule has 54 heavy (non-hydrogen) atoms. The van der Waals surface area contributed by atoms with E-state index in [1.165, 1.54) is 12.1 Å². The average molecular weight is 717 g/mol. The molecule has 266 valence electrons. The number of hydrogen-bond acceptors (Lipinski definition) is 9. The zero-order valence-corrected chi connectivity index (χ0v) is 28.9. The van der Waals surface area contributed by atoms with Crippen molar-refractivity contribution in [3.8, 4) is 40.3 Å². The van der Waals surface area contributed by atoms with Crippen molar-refractivity contribution in [1.29, 1.82) is 0 Å². The lowest BCUT2D eigenvalue weighted by Gasteiger charge is -2.34. The normalized spacial score (nSPS) is 19.2. The Bertz CT molecular complexity index is 2550. The van der Waals surface area contributed by atoms with Crippen LogP contribution in [-0.4, -0.2) is 67.4 Å². The van der Waals surface area contributed by atoms with Crippen molar-refractivity contribution >= 4 is 39.5 Å². The first-order valence-corrected chi connectivity index (χ1v) is 17.6. The van der Waals surface area contributed by atoms with Gasteiger partial charge in [0.2, 0.25) is 11.8 Å². The molecule has 1 atom stereocenters. The maximum absolute atomic E-state index is 13.1. The molecule has 0 bridgehead atoms. The highest BCUT2D eigenvalue weighted by Gasteiger charge is 2.44. The summed E-state index contributed by atoms with van der Waals surface area (Å²) in [7, 11) is 0. The monoisotopic (exact) mass is 716 g/mol. The number of rotatable bonds is 8. The Balaban J connectivity index is 0.733. The fourth-order valence-electron chi connectivity index (χ4n) is 7.01. The van der Waals surface area contributed by atoms with Gasteiger partial charge < -0.3 is 24.5 Å². The summed E-state index contributed by atoms with van der Waals surface area (Å²) in [6, 6.07) is 19.6. The smallest absolute Gasteiger partial charge is 0.262 e. The number of carbonyl (C=O) groups excluding carboxylic acids is 3. The number of aromatic amines is 1. The summed E-state index contributed by atoms with van der Waals surface area (Å²) in [4.78, 5) is 56.2. The van der Waals surface area contributed by atoms with Crippen LogP contribution in [0.15, 0.2) is 104 Å². The molecule has 12 heteroatoms. The van der Waals surface area contributed by atoms with E-state index in [1.54, 1.807) is 24.5 Å². The van der Waals surface area contributed by atoms with Crippen molar-refractivity contribution in [2.24, 2.45) is 0 Å². The van der Waals surface area contributed by atoms with E-state index in [0.717, 1.165) is 50.7 Å². The fraction of sp³-hybridized carbons (Fsp3) is 0.190. The van der Waals surface area contributed by atoms with Gasteiger partial charge in [-0.15, -0.1) is 0 Å². The standard InChI is InChI=1S/C42H32N6O6/c1-24-4-12-38(40(49)46-24)48-41(50)33-11-9-28(20-34(33)42(48)51)52-16-2-3-27-7-8-29(22-44-27)53-30-18-31(19-30)54-39-13-6-26(21-45-39)25-5-10-32-35-23-43-15-14-36(35)47-37(32)17-25/h5-11,13-15,17,20-23,30-31,38,47H,1,4,12,16,18-19H2,(H,46,49). The van der Waals surface area contributed by atoms with Gasteiger partial charge in [-0.25, -0.2) is 9.97 Å². The lowest BCUT2D eigenvalue weighted by atomic mass is 9.92. The molecule has 12 nitrogen and oxygen atoms in total. The molecule has 0 spiro atoms. The highest BCUT2D eigenvalue weighted by Crippen LogP contribution is 2.33. The quantitative estimate of drug-likeness (QED) is 0.143. The van der Waals surface area contributed by atoms with Gasteiger partial charge in [-0.05, 0) is 72.9 Å². The van der Waals surface area contributed by atoms with Crippen LogP contribution in [0.1, 0.15) is 52.1 Å². The molecule has 0 radical (unpaired) electrons. The van der Waals surface area contributed by atoms with Gasteiger partial charge in [0, 0.05) is 70.6 Å². The summed E-state index contributed by atoms with van der Waals surface area (Å²) in [6.45, 7) is 3.79. The number of amides is 3. The predicted molar refractivity (Wildman–Crippen MR) is 199 cm³/mol. The Morgan fingerprint density at radius 1 is 0.796 bits per heavy atom. The van der Waals surface area contributed by atoms with Crippen molar-refractivity contribution < 1.29 is 28.6 Å². The van der Waals surface area contributed by atoms with Gasteiger partial charge in [0.25, 0.3) is 11.8 Å². The van der Waals surface area contributed by atoms with E-state index in [4.69, 9.17) is 14.2 Å². The first-order valence-electron chi connectivity index (χ1n) is 17.6. The Hall–Kier alpha value is -7.00. The third kappa shape index (κ3) is 6.26.